The monoisotopic (exact) mass is 342 g/mol. The number of rotatable bonds is 7. The Balaban J connectivity index is 2.21. The number of aliphatic imine (C=N–C) groups is 1. The van der Waals surface area contributed by atoms with Gasteiger partial charge in [0.1, 0.15) is 5.75 Å². The summed E-state index contributed by atoms with van der Waals surface area (Å²) in [6, 6.07) is 15.2. The van der Waals surface area contributed by atoms with Gasteiger partial charge in [-0.05, 0) is 35.4 Å². The molecule has 0 spiro atoms. The van der Waals surface area contributed by atoms with Crippen molar-refractivity contribution in [1.82, 2.24) is 0 Å². The number of benzene rings is 2. The molecule has 2 rings (SSSR count). The molecule has 0 heterocycles. The molecule has 0 saturated heterocycles. The molecule has 24 heavy (non-hydrogen) atoms. The van der Waals surface area contributed by atoms with Crippen molar-refractivity contribution in [2.75, 3.05) is 7.11 Å². The minimum Gasteiger partial charge on any atom is -0.497 e. The number of allylic oxidation sites excluding steroid dienone is 2. The van der Waals surface area contributed by atoms with Gasteiger partial charge in [0, 0.05) is 17.2 Å². The first-order valence-corrected chi connectivity index (χ1v) is 7.82. The predicted molar refractivity (Wildman–Crippen MR) is 97.6 cm³/mol. The summed E-state index contributed by atoms with van der Waals surface area (Å²) < 4.78 is 5.15. The summed E-state index contributed by atoms with van der Waals surface area (Å²) in [5, 5.41) is 0.664. The van der Waals surface area contributed by atoms with Gasteiger partial charge in [-0.1, -0.05) is 41.9 Å². The van der Waals surface area contributed by atoms with Crippen molar-refractivity contribution in [1.29, 1.82) is 0 Å². The molecule has 0 aliphatic rings. The Labute approximate surface area is 146 Å². The number of aldehydes is 1. The van der Waals surface area contributed by atoms with Crippen LogP contribution in [-0.2, 0) is 17.8 Å². The van der Waals surface area contributed by atoms with E-state index in [0.29, 0.717) is 30.0 Å². The lowest BCUT2D eigenvalue weighted by molar-refractivity contribution is -0.104. The first-order valence-electron chi connectivity index (χ1n) is 7.44. The van der Waals surface area contributed by atoms with Gasteiger partial charge < -0.3 is 10.5 Å². The van der Waals surface area contributed by atoms with Crippen LogP contribution in [0.2, 0.25) is 5.02 Å². The van der Waals surface area contributed by atoms with E-state index in [2.05, 4.69) is 4.99 Å². The lowest BCUT2D eigenvalue weighted by Crippen LogP contribution is -2.07. The zero-order chi connectivity index (χ0) is 17.4. The van der Waals surface area contributed by atoms with Crippen LogP contribution in [0.4, 0.5) is 0 Å². The van der Waals surface area contributed by atoms with Gasteiger partial charge in [-0.25, -0.2) is 0 Å². The van der Waals surface area contributed by atoms with E-state index in [1.54, 1.807) is 13.2 Å². The van der Waals surface area contributed by atoms with Crippen molar-refractivity contribution >= 4 is 23.6 Å². The second kappa shape index (κ2) is 8.89. The molecular formula is C19H19ClN2O2. The Kier molecular flexibility index (Phi) is 6.58. The van der Waals surface area contributed by atoms with Gasteiger partial charge in [-0.15, -0.1) is 0 Å². The number of nitrogens with zero attached hydrogens (tertiary/aromatic N) is 1. The summed E-state index contributed by atoms with van der Waals surface area (Å²) in [5.74, 6) is 0.788. The van der Waals surface area contributed by atoms with Crippen molar-refractivity contribution in [3.63, 3.8) is 0 Å². The topological polar surface area (TPSA) is 64.7 Å². The summed E-state index contributed by atoms with van der Waals surface area (Å²) in [6.07, 6.45) is 2.76. The van der Waals surface area contributed by atoms with Gasteiger partial charge in [0.2, 0.25) is 0 Å². The molecule has 0 amide bonds. The molecule has 0 aromatic heterocycles. The Morgan fingerprint density at radius 3 is 2.54 bits per heavy atom. The van der Waals surface area contributed by atoms with Crippen LogP contribution in [0.3, 0.4) is 0 Å². The zero-order valence-electron chi connectivity index (χ0n) is 13.4. The third-order valence-corrected chi connectivity index (χ3v) is 3.79. The van der Waals surface area contributed by atoms with E-state index in [9.17, 15) is 4.79 Å². The fraction of sp³-hybridized carbons (Fsp3) is 0.158. The van der Waals surface area contributed by atoms with E-state index < -0.39 is 0 Å². The van der Waals surface area contributed by atoms with Crippen LogP contribution in [0, 0.1) is 0 Å². The highest BCUT2D eigenvalue weighted by Gasteiger charge is 2.03. The number of hydrogen-bond acceptors (Lipinski definition) is 4. The minimum atomic E-state index is 0.140. The molecule has 2 aromatic carbocycles. The van der Waals surface area contributed by atoms with Crippen LogP contribution >= 0.6 is 11.6 Å². The lowest BCUT2D eigenvalue weighted by Gasteiger charge is -2.06. The van der Waals surface area contributed by atoms with Crippen molar-refractivity contribution in [2.45, 2.75) is 13.0 Å². The normalized spacial score (nSPS) is 12.1. The molecule has 0 saturated carbocycles. The third kappa shape index (κ3) is 5.25. The molecule has 2 N–H and O–H groups in total. The van der Waals surface area contributed by atoms with E-state index in [0.717, 1.165) is 16.9 Å². The van der Waals surface area contributed by atoms with Crippen LogP contribution in [0.15, 0.2) is 65.3 Å². The number of halogens is 1. The Hall–Kier alpha value is -2.59. The Morgan fingerprint density at radius 1 is 1.21 bits per heavy atom. The van der Waals surface area contributed by atoms with Crippen molar-refractivity contribution in [3.05, 3.63) is 76.5 Å². The minimum absolute atomic E-state index is 0.140. The average molecular weight is 343 g/mol. The highest BCUT2D eigenvalue weighted by molar-refractivity contribution is 6.31. The Morgan fingerprint density at radius 2 is 1.92 bits per heavy atom. The SMILES string of the molecule is COc1ccc(CC(C=C(N)C=O)=NCc2ccccc2Cl)cc1. The maximum absolute atomic E-state index is 10.8. The molecule has 0 fully saturated rings. The maximum Gasteiger partial charge on any atom is 0.165 e. The number of carbonyl (C=O) groups excluding carboxylic acids is 1. The first kappa shape index (κ1) is 17.8. The standard InChI is InChI=1S/C19H19ClN2O2/c1-24-18-8-6-14(7-9-18)10-17(11-16(21)13-23)22-12-15-4-2-3-5-19(15)20/h2-9,11,13H,10,12,21H2,1H3. The zero-order valence-corrected chi connectivity index (χ0v) is 14.2. The lowest BCUT2D eigenvalue weighted by atomic mass is 10.1. The van der Waals surface area contributed by atoms with Crippen LogP contribution < -0.4 is 10.5 Å². The number of methoxy groups -OCH3 is 1. The number of carbonyl (C=O) groups is 1. The van der Waals surface area contributed by atoms with Crippen molar-refractivity contribution in [3.8, 4) is 5.75 Å². The van der Waals surface area contributed by atoms with Crippen LogP contribution in [0.5, 0.6) is 5.75 Å². The number of ether oxygens (including phenoxy) is 1. The van der Waals surface area contributed by atoms with Gasteiger partial charge in [0.25, 0.3) is 0 Å². The second-order valence-corrected chi connectivity index (χ2v) is 5.59. The molecule has 124 valence electrons. The molecule has 0 unspecified atom stereocenters. The number of nitrogens with two attached hydrogens (primary N) is 1. The summed E-state index contributed by atoms with van der Waals surface area (Å²) in [4.78, 5) is 15.4. The molecule has 0 aliphatic heterocycles. The summed E-state index contributed by atoms with van der Waals surface area (Å²) >= 11 is 6.15. The average Bonchev–Trinajstić information content (AvgIpc) is 2.61. The van der Waals surface area contributed by atoms with Gasteiger partial charge in [-0.3, -0.25) is 9.79 Å². The molecule has 0 radical (unpaired) electrons. The van der Waals surface area contributed by atoms with Crippen LogP contribution in [0.25, 0.3) is 0 Å². The molecule has 5 heteroatoms. The summed E-state index contributed by atoms with van der Waals surface area (Å²) in [7, 11) is 1.62. The molecule has 2 aromatic rings. The second-order valence-electron chi connectivity index (χ2n) is 5.19. The van der Waals surface area contributed by atoms with E-state index in [1.807, 2.05) is 48.5 Å². The molecule has 0 bridgehead atoms. The van der Waals surface area contributed by atoms with Crippen molar-refractivity contribution < 1.29 is 9.53 Å². The number of hydrogen-bond donors (Lipinski definition) is 1. The van der Waals surface area contributed by atoms with Gasteiger partial charge in [0.05, 0.1) is 19.4 Å². The molecule has 4 nitrogen and oxygen atoms in total. The van der Waals surface area contributed by atoms with Crippen molar-refractivity contribution in [2.24, 2.45) is 10.7 Å². The van der Waals surface area contributed by atoms with E-state index in [1.165, 1.54) is 0 Å². The largest absolute Gasteiger partial charge is 0.497 e. The fourth-order valence-corrected chi connectivity index (χ4v) is 2.34. The quantitative estimate of drug-likeness (QED) is 0.475. The third-order valence-electron chi connectivity index (χ3n) is 3.42. The van der Waals surface area contributed by atoms with E-state index in [4.69, 9.17) is 22.1 Å². The van der Waals surface area contributed by atoms with Gasteiger partial charge >= 0.3 is 0 Å². The maximum atomic E-state index is 10.8. The first-order chi connectivity index (χ1) is 11.6. The molecule has 0 aliphatic carbocycles. The highest BCUT2D eigenvalue weighted by atomic mass is 35.5. The fourth-order valence-electron chi connectivity index (χ4n) is 2.14. The van der Waals surface area contributed by atoms with Gasteiger partial charge in [-0.2, -0.15) is 0 Å². The Bertz CT molecular complexity index is 752. The van der Waals surface area contributed by atoms with Gasteiger partial charge in [0.15, 0.2) is 6.29 Å². The predicted octanol–water partition coefficient (Wildman–Crippen LogP) is 3.57. The van der Waals surface area contributed by atoms with Crippen LogP contribution in [0.1, 0.15) is 11.1 Å². The molecular weight excluding hydrogens is 324 g/mol. The molecule has 0 atom stereocenters. The van der Waals surface area contributed by atoms with Crippen LogP contribution in [-0.4, -0.2) is 19.1 Å². The smallest absolute Gasteiger partial charge is 0.165 e. The van der Waals surface area contributed by atoms with E-state index >= 15 is 0 Å². The summed E-state index contributed by atoms with van der Waals surface area (Å²) in [6.45, 7) is 0.424. The van der Waals surface area contributed by atoms with E-state index in [-0.39, 0.29) is 5.70 Å². The summed E-state index contributed by atoms with van der Waals surface area (Å²) in [5.41, 5.74) is 8.46. The highest BCUT2D eigenvalue weighted by Crippen LogP contribution is 2.17.